The zero-order valence-corrected chi connectivity index (χ0v) is 21.7. The van der Waals surface area contributed by atoms with E-state index in [-0.39, 0.29) is 5.97 Å². The largest absolute Gasteiger partial charge is 0.492 e. The summed E-state index contributed by atoms with van der Waals surface area (Å²) in [5, 5.41) is 3.08. The lowest BCUT2D eigenvalue weighted by Crippen LogP contribution is -2.25. The predicted octanol–water partition coefficient (Wildman–Crippen LogP) is 6.82. The van der Waals surface area contributed by atoms with Gasteiger partial charge < -0.3 is 14.8 Å². The number of alkyl halides is 1. The topological polar surface area (TPSA) is 47.6 Å². The van der Waals surface area contributed by atoms with Crippen LogP contribution in [0.2, 0.25) is 0 Å². The van der Waals surface area contributed by atoms with Crippen molar-refractivity contribution < 1.29 is 14.3 Å². The fourth-order valence-corrected chi connectivity index (χ4v) is 3.79. The maximum absolute atomic E-state index is 12.3. The van der Waals surface area contributed by atoms with Crippen LogP contribution < -0.4 is 14.8 Å². The second-order valence-electron chi connectivity index (χ2n) is 9.30. The predicted molar refractivity (Wildman–Crippen MR) is 145 cm³/mol. The molecule has 0 spiro atoms. The molecule has 0 fully saturated rings. The van der Waals surface area contributed by atoms with Crippen LogP contribution in [0.3, 0.4) is 0 Å². The van der Waals surface area contributed by atoms with Crippen molar-refractivity contribution >= 4 is 28.7 Å². The van der Waals surface area contributed by atoms with E-state index in [0.29, 0.717) is 24.7 Å². The number of nitrogens with one attached hydrogen (secondary N) is 1. The third kappa shape index (κ3) is 7.45. The molecule has 0 amide bonds. The van der Waals surface area contributed by atoms with Crippen molar-refractivity contribution in [2.24, 2.45) is 5.41 Å². The third-order valence-electron chi connectivity index (χ3n) is 5.50. The molecule has 0 aromatic heterocycles. The number of carbonyl (C=O) groups excluding carboxylic acids is 1. The molecule has 3 rings (SSSR count). The number of halogens is 1. The van der Waals surface area contributed by atoms with Crippen LogP contribution in [0.1, 0.15) is 43.9 Å². The first-order valence-corrected chi connectivity index (χ1v) is 12.4. The van der Waals surface area contributed by atoms with Crippen LogP contribution in [0.25, 0.3) is 11.1 Å². The summed E-state index contributed by atoms with van der Waals surface area (Å²) in [4.78, 5) is 12.3. The van der Waals surface area contributed by atoms with Crippen LogP contribution in [0.5, 0.6) is 11.5 Å². The molecule has 0 saturated carbocycles. The van der Waals surface area contributed by atoms with Gasteiger partial charge in [0.15, 0.2) is 0 Å². The van der Waals surface area contributed by atoms with E-state index < -0.39 is 5.41 Å². The Labute approximate surface area is 213 Å². The third-order valence-corrected chi connectivity index (χ3v) is 5.69. The van der Waals surface area contributed by atoms with Crippen LogP contribution in [0, 0.1) is 5.41 Å². The normalized spacial score (nSPS) is 12.1. The van der Waals surface area contributed by atoms with Gasteiger partial charge in [-0.2, -0.15) is 0 Å². The molecule has 0 unspecified atom stereocenters. The van der Waals surface area contributed by atoms with E-state index >= 15 is 0 Å². The van der Waals surface area contributed by atoms with Gasteiger partial charge in [0.2, 0.25) is 0 Å². The van der Waals surface area contributed by atoms with Crippen LogP contribution in [0.4, 0.5) is 0 Å². The lowest BCUT2D eigenvalue weighted by Gasteiger charge is -2.19. The number of allylic oxidation sites excluding steroid dienone is 1. The van der Waals surface area contributed by atoms with Gasteiger partial charge in [-0.15, -0.1) is 11.6 Å². The summed E-state index contributed by atoms with van der Waals surface area (Å²) in [6.07, 6.45) is 0.710. The lowest BCUT2D eigenvalue weighted by molar-refractivity contribution is -0.142. The van der Waals surface area contributed by atoms with Crippen LogP contribution >= 0.6 is 11.6 Å². The molecule has 3 aromatic rings. The maximum atomic E-state index is 12.3. The summed E-state index contributed by atoms with van der Waals surface area (Å²) >= 11 is 6.27. The van der Waals surface area contributed by atoms with Crippen LogP contribution in [-0.2, 0) is 4.79 Å². The molecule has 35 heavy (non-hydrogen) atoms. The molecule has 4 nitrogen and oxygen atoms in total. The highest BCUT2D eigenvalue weighted by Crippen LogP contribution is 2.36. The molecule has 184 valence electrons. The summed E-state index contributed by atoms with van der Waals surface area (Å²) in [5.41, 5.74) is 4.89. The van der Waals surface area contributed by atoms with E-state index in [1.165, 1.54) is 0 Å². The Hall–Kier alpha value is -3.08. The molecule has 0 aliphatic carbocycles. The van der Waals surface area contributed by atoms with Crippen molar-refractivity contribution in [1.29, 1.82) is 0 Å². The minimum absolute atomic E-state index is 0.262. The molecule has 0 heterocycles. The number of esters is 1. The van der Waals surface area contributed by atoms with E-state index in [4.69, 9.17) is 21.1 Å². The van der Waals surface area contributed by atoms with Crippen molar-refractivity contribution in [3.63, 3.8) is 0 Å². The van der Waals surface area contributed by atoms with Crippen LogP contribution in [-0.4, -0.2) is 32.0 Å². The molecule has 0 radical (unpaired) electrons. The first-order chi connectivity index (χ1) is 16.8. The first-order valence-electron chi connectivity index (χ1n) is 11.9. The second kappa shape index (κ2) is 12.6. The Bertz CT molecular complexity index is 1120. The van der Waals surface area contributed by atoms with Gasteiger partial charge in [0, 0.05) is 12.4 Å². The Balaban J connectivity index is 2.04. The molecule has 3 aromatic carbocycles. The summed E-state index contributed by atoms with van der Waals surface area (Å²) in [6.45, 7) is 6.92. The van der Waals surface area contributed by atoms with Gasteiger partial charge in [0.05, 0.1) is 5.41 Å². The van der Waals surface area contributed by atoms with Gasteiger partial charge in [0.1, 0.15) is 18.1 Å². The highest BCUT2D eigenvalue weighted by atomic mass is 35.5. The van der Waals surface area contributed by atoms with Crippen molar-refractivity contribution in [2.75, 3.05) is 26.1 Å². The first kappa shape index (κ1) is 26.5. The maximum Gasteiger partial charge on any atom is 0.316 e. The molecule has 5 heteroatoms. The number of carbonyl (C=O) groups is 1. The fraction of sp³-hybridized carbons (Fsp3) is 0.300. The van der Waals surface area contributed by atoms with E-state index in [2.05, 4.69) is 29.6 Å². The number of hydrogen-bond donors (Lipinski definition) is 1. The summed E-state index contributed by atoms with van der Waals surface area (Å²) in [5.74, 6) is 1.59. The van der Waals surface area contributed by atoms with Crippen molar-refractivity contribution in [3.05, 3.63) is 95.6 Å². The average molecular weight is 492 g/mol. The number of hydrogen-bond acceptors (Lipinski definition) is 4. The van der Waals surface area contributed by atoms with E-state index in [0.717, 1.165) is 40.1 Å². The Morgan fingerprint density at radius 3 is 1.91 bits per heavy atom. The van der Waals surface area contributed by atoms with Gasteiger partial charge in [-0.25, -0.2) is 0 Å². The minimum atomic E-state index is -0.568. The Morgan fingerprint density at radius 1 is 0.829 bits per heavy atom. The van der Waals surface area contributed by atoms with Gasteiger partial charge in [0.25, 0.3) is 0 Å². The SMILES string of the molecule is CNCCOc1ccc(/C(=C(/CCCl)c2ccccc2)c2ccc(OC(=O)C(C)(C)C)cc2)cc1. The molecule has 0 aliphatic heterocycles. The second-order valence-corrected chi connectivity index (χ2v) is 9.68. The van der Waals surface area contributed by atoms with E-state index in [1.54, 1.807) is 0 Å². The van der Waals surface area contributed by atoms with Crippen molar-refractivity contribution in [1.82, 2.24) is 5.32 Å². The van der Waals surface area contributed by atoms with Crippen molar-refractivity contribution in [3.8, 4) is 11.5 Å². The quantitative estimate of drug-likeness (QED) is 0.111. The standard InChI is InChI=1S/C30H34ClNO3/c1-30(2,3)29(33)35-26-16-12-24(13-17-26)28(27(18-19-31)22-8-6-5-7-9-22)23-10-14-25(15-11-23)34-21-20-32-4/h5-17,32H,18-21H2,1-4H3/b28-27+. The number of rotatable bonds is 10. The number of likely N-dealkylation sites (N-methyl/N-ethyl adjacent to an activating group) is 1. The molecule has 0 aliphatic rings. The van der Waals surface area contributed by atoms with E-state index in [9.17, 15) is 4.79 Å². The van der Waals surface area contributed by atoms with Gasteiger partial charge in [-0.3, -0.25) is 4.79 Å². The zero-order valence-electron chi connectivity index (χ0n) is 20.9. The molecular weight excluding hydrogens is 458 g/mol. The average Bonchev–Trinajstić information content (AvgIpc) is 2.85. The molecule has 1 N–H and O–H groups in total. The summed E-state index contributed by atoms with van der Waals surface area (Å²) in [7, 11) is 1.90. The minimum Gasteiger partial charge on any atom is -0.492 e. The zero-order chi connectivity index (χ0) is 25.3. The Morgan fingerprint density at radius 2 is 1.40 bits per heavy atom. The highest BCUT2D eigenvalue weighted by molar-refractivity contribution is 6.18. The lowest BCUT2D eigenvalue weighted by atomic mass is 9.88. The van der Waals surface area contributed by atoms with E-state index in [1.807, 2.05) is 82.4 Å². The molecule has 0 saturated heterocycles. The summed E-state index contributed by atoms with van der Waals surface area (Å²) < 4.78 is 11.4. The fourth-order valence-electron chi connectivity index (χ4n) is 3.60. The monoisotopic (exact) mass is 491 g/mol. The highest BCUT2D eigenvalue weighted by Gasteiger charge is 2.24. The van der Waals surface area contributed by atoms with Crippen LogP contribution in [0.15, 0.2) is 78.9 Å². The van der Waals surface area contributed by atoms with Gasteiger partial charge in [-0.1, -0.05) is 54.6 Å². The van der Waals surface area contributed by atoms with Crippen molar-refractivity contribution in [2.45, 2.75) is 27.2 Å². The van der Waals surface area contributed by atoms with Gasteiger partial charge >= 0.3 is 5.97 Å². The molecule has 0 atom stereocenters. The molecular formula is C30H34ClNO3. The number of benzene rings is 3. The smallest absolute Gasteiger partial charge is 0.316 e. The Kier molecular flexibility index (Phi) is 9.53. The van der Waals surface area contributed by atoms with Gasteiger partial charge in [-0.05, 0) is 86.3 Å². The molecule has 0 bridgehead atoms. The summed E-state index contributed by atoms with van der Waals surface area (Å²) in [6, 6.07) is 26.1. The number of ether oxygens (including phenoxy) is 2.